The fourth-order valence-electron chi connectivity index (χ4n) is 4.86. The molecule has 1 heterocycles. The molecule has 6 heteroatoms. The summed E-state index contributed by atoms with van der Waals surface area (Å²) in [6, 6.07) is 5.32. The second-order valence-electron chi connectivity index (χ2n) is 7.42. The topological polar surface area (TPSA) is 66.5 Å². The van der Waals surface area contributed by atoms with E-state index < -0.39 is 0 Å². The molecule has 0 aromatic heterocycles. The lowest BCUT2D eigenvalue weighted by Crippen LogP contribution is -2.35. The van der Waals surface area contributed by atoms with Gasteiger partial charge in [0.25, 0.3) is 0 Å². The number of halogens is 1. The van der Waals surface area contributed by atoms with E-state index in [1.54, 1.807) is 18.2 Å². The third kappa shape index (κ3) is 2.65. The predicted octanol–water partition coefficient (Wildman–Crippen LogP) is 3.01. The third-order valence-electron chi connectivity index (χ3n) is 6.12. The van der Waals surface area contributed by atoms with Crippen molar-refractivity contribution in [3.8, 4) is 0 Å². The van der Waals surface area contributed by atoms with Crippen molar-refractivity contribution in [2.45, 2.75) is 32.6 Å². The molecule has 132 valence electrons. The number of carbonyl (C=O) groups is 3. The van der Waals surface area contributed by atoms with Crippen LogP contribution in [0.3, 0.4) is 0 Å². The standard InChI is InChI=1S/C19H21ClN2O3/c1-10-13(20)3-2-4-14(10)21-15(23)7-8-22-18(24)16-11-5-6-12(9-11)17(16)19(22)25/h2-4,11-12,16-17H,5-9H2,1H3,(H,21,23)/t11-,12-,16-,17+/m0/s1. The van der Waals surface area contributed by atoms with Crippen molar-refractivity contribution in [3.63, 3.8) is 0 Å². The van der Waals surface area contributed by atoms with Gasteiger partial charge in [0.1, 0.15) is 0 Å². The molecule has 2 aliphatic carbocycles. The van der Waals surface area contributed by atoms with Crippen molar-refractivity contribution in [1.82, 2.24) is 4.90 Å². The molecule has 3 aliphatic rings. The fourth-order valence-corrected chi connectivity index (χ4v) is 5.03. The zero-order chi connectivity index (χ0) is 17.7. The number of carbonyl (C=O) groups excluding carboxylic acids is 3. The van der Waals surface area contributed by atoms with Crippen LogP contribution in [0, 0.1) is 30.6 Å². The molecule has 25 heavy (non-hydrogen) atoms. The summed E-state index contributed by atoms with van der Waals surface area (Å²) >= 11 is 6.06. The van der Waals surface area contributed by atoms with E-state index in [4.69, 9.17) is 11.6 Å². The first-order valence-corrected chi connectivity index (χ1v) is 9.25. The summed E-state index contributed by atoms with van der Waals surface area (Å²) in [5.41, 5.74) is 1.46. The molecule has 5 nitrogen and oxygen atoms in total. The minimum Gasteiger partial charge on any atom is -0.326 e. The van der Waals surface area contributed by atoms with Crippen LogP contribution in [-0.2, 0) is 14.4 Å². The molecule has 2 bridgehead atoms. The number of fused-ring (bicyclic) bond motifs is 5. The first-order chi connectivity index (χ1) is 12.0. The normalized spacial score (nSPS) is 30.1. The minimum absolute atomic E-state index is 0.0612. The zero-order valence-corrected chi connectivity index (χ0v) is 14.9. The molecular weight excluding hydrogens is 340 g/mol. The summed E-state index contributed by atoms with van der Waals surface area (Å²) in [6.07, 6.45) is 3.26. The van der Waals surface area contributed by atoms with Gasteiger partial charge in [-0.15, -0.1) is 0 Å². The Morgan fingerprint density at radius 3 is 2.48 bits per heavy atom. The predicted molar refractivity (Wildman–Crippen MR) is 94.0 cm³/mol. The number of amides is 3. The highest BCUT2D eigenvalue weighted by atomic mass is 35.5. The van der Waals surface area contributed by atoms with E-state index in [0.29, 0.717) is 22.5 Å². The third-order valence-corrected chi connectivity index (χ3v) is 6.53. The highest BCUT2D eigenvalue weighted by Crippen LogP contribution is 2.56. The van der Waals surface area contributed by atoms with Gasteiger partial charge in [0.15, 0.2) is 0 Å². The Bertz CT molecular complexity index is 735. The van der Waals surface area contributed by atoms with Crippen LogP contribution in [0.2, 0.25) is 5.02 Å². The number of benzene rings is 1. The molecule has 0 spiro atoms. The average molecular weight is 361 g/mol. The monoisotopic (exact) mass is 360 g/mol. The first kappa shape index (κ1) is 16.6. The zero-order valence-electron chi connectivity index (χ0n) is 14.1. The molecule has 0 radical (unpaired) electrons. The van der Waals surface area contributed by atoms with Gasteiger partial charge in [-0.2, -0.15) is 0 Å². The van der Waals surface area contributed by atoms with E-state index >= 15 is 0 Å². The summed E-state index contributed by atoms with van der Waals surface area (Å²) in [5, 5.41) is 3.40. The number of imide groups is 1. The van der Waals surface area contributed by atoms with Crippen molar-refractivity contribution in [3.05, 3.63) is 28.8 Å². The van der Waals surface area contributed by atoms with Crippen LogP contribution in [-0.4, -0.2) is 29.2 Å². The Morgan fingerprint density at radius 2 is 1.84 bits per heavy atom. The maximum Gasteiger partial charge on any atom is 0.233 e. The average Bonchev–Trinajstić information content (AvgIpc) is 3.25. The van der Waals surface area contributed by atoms with Crippen LogP contribution in [0.4, 0.5) is 5.69 Å². The van der Waals surface area contributed by atoms with Gasteiger partial charge in [-0.1, -0.05) is 17.7 Å². The van der Waals surface area contributed by atoms with Gasteiger partial charge in [0, 0.05) is 23.7 Å². The number of hydrogen-bond donors (Lipinski definition) is 1. The molecule has 0 unspecified atom stereocenters. The Hall–Kier alpha value is -1.88. The van der Waals surface area contributed by atoms with Gasteiger partial charge in [0.2, 0.25) is 17.7 Å². The van der Waals surface area contributed by atoms with Crippen molar-refractivity contribution in [2.75, 3.05) is 11.9 Å². The Balaban J connectivity index is 1.38. The Morgan fingerprint density at radius 1 is 1.20 bits per heavy atom. The lowest BCUT2D eigenvalue weighted by Gasteiger charge is -2.19. The van der Waals surface area contributed by atoms with E-state index in [1.165, 1.54) is 4.90 Å². The summed E-state index contributed by atoms with van der Waals surface area (Å²) in [4.78, 5) is 38.8. The number of nitrogens with one attached hydrogen (secondary N) is 1. The first-order valence-electron chi connectivity index (χ1n) is 8.87. The number of rotatable bonds is 4. The molecule has 1 saturated heterocycles. The quantitative estimate of drug-likeness (QED) is 0.839. The molecule has 2 saturated carbocycles. The highest BCUT2D eigenvalue weighted by molar-refractivity contribution is 6.31. The van der Waals surface area contributed by atoms with Gasteiger partial charge >= 0.3 is 0 Å². The van der Waals surface area contributed by atoms with Gasteiger partial charge in [-0.25, -0.2) is 0 Å². The van der Waals surface area contributed by atoms with E-state index in [2.05, 4.69) is 5.32 Å². The lowest BCUT2D eigenvalue weighted by atomic mass is 9.81. The second kappa shape index (κ2) is 6.13. The number of hydrogen-bond acceptors (Lipinski definition) is 3. The second-order valence-corrected chi connectivity index (χ2v) is 7.83. The summed E-state index contributed by atoms with van der Waals surface area (Å²) in [5.74, 6) is 0.168. The molecule has 4 rings (SSSR count). The lowest BCUT2D eigenvalue weighted by molar-refractivity contribution is -0.140. The molecule has 1 aromatic carbocycles. The van der Waals surface area contributed by atoms with Crippen molar-refractivity contribution in [1.29, 1.82) is 0 Å². The van der Waals surface area contributed by atoms with Crippen molar-refractivity contribution in [2.24, 2.45) is 23.7 Å². The van der Waals surface area contributed by atoms with Gasteiger partial charge in [-0.05, 0) is 55.7 Å². The SMILES string of the molecule is Cc1c(Cl)cccc1NC(=O)CCN1C(=O)[C@@H]2[C@H]3CC[C@@H](C3)[C@@H]2C1=O. The molecule has 3 amide bonds. The molecular formula is C19H21ClN2O3. The van der Waals surface area contributed by atoms with Crippen LogP contribution in [0.1, 0.15) is 31.2 Å². The summed E-state index contributed by atoms with van der Waals surface area (Å²) in [6.45, 7) is 2.00. The molecule has 3 fully saturated rings. The van der Waals surface area contributed by atoms with Crippen molar-refractivity contribution >= 4 is 35.0 Å². The van der Waals surface area contributed by atoms with Gasteiger partial charge < -0.3 is 5.32 Å². The fraction of sp³-hybridized carbons (Fsp3) is 0.526. The molecule has 4 atom stereocenters. The van der Waals surface area contributed by atoms with E-state index in [-0.39, 0.29) is 42.5 Å². The Labute approximate surface area is 151 Å². The molecule has 1 aliphatic heterocycles. The van der Waals surface area contributed by atoms with Gasteiger partial charge in [-0.3, -0.25) is 19.3 Å². The summed E-state index contributed by atoms with van der Waals surface area (Å²) in [7, 11) is 0. The van der Waals surface area contributed by atoms with Crippen LogP contribution in [0.25, 0.3) is 0 Å². The highest BCUT2D eigenvalue weighted by Gasteiger charge is 2.60. The molecule has 1 N–H and O–H groups in total. The minimum atomic E-state index is -0.217. The van der Waals surface area contributed by atoms with Crippen molar-refractivity contribution < 1.29 is 14.4 Å². The van der Waals surface area contributed by atoms with E-state index in [1.807, 2.05) is 6.92 Å². The largest absolute Gasteiger partial charge is 0.326 e. The Kier molecular flexibility index (Phi) is 4.07. The van der Waals surface area contributed by atoms with Crippen LogP contribution in [0.5, 0.6) is 0 Å². The number of nitrogens with zero attached hydrogens (tertiary/aromatic N) is 1. The summed E-state index contributed by atoms with van der Waals surface area (Å²) < 4.78 is 0. The maximum absolute atomic E-state index is 12.6. The van der Waals surface area contributed by atoms with Crippen LogP contribution in [0.15, 0.2) is 18.2 Å². The van der Waals surface area contributed by atoms with Crippen LogP contribution >= 0.6 is 11.6 Å². The molecule has 1 aromatic rings. The van der Waals surface area contributed by atoms with Crippen LogP contribution < -0.4 is 5.32 Å². The maximum atomic E-state index is 12.6. The van der Waals surface area contributed by atoms with Gasteiger partial charge in [0.05, 0.1) is 11.8 Å². The smallest absolute Gasteiger partial charge is 0.233 e. The van der Waals surface area contributed by atoms with E-state index in [9.17, 15) is 14.4 Å². The van der Waals surface area contributed by atoms with E-state index in [0.717, 1.165) is 24.8 Å². The number of likely N-dealkylation sites (tertiary alicyclic amines) is 1. The number of anilines is 1.